The Kier molecular flexibility index (Phi) is 3.16. The second-order valence-electron chi connectivity index (χ2n) is 5.65. The summed E-state index contributed by atoms with van der Waals surface area (Å²) in [6.45, 7) is 0. The molecule has 116 valence electrons. The van der Waals surface area contributed by atoms with E-state index in [0.717, 1.165) is 33.7 Å². The van der Waals surface area contributed by atoms with Crippen molar-refractivity contribution in [2.45, 2.75) is 6.10 Å². The zero-order valence-electron chi connectivity index (χ0n) is 13.4. The largest absolute Gasteiger partial charge is 0.365 e. The lowest BCUT2D eigenvalue weighted by Crippen LogP contribution is -2.14. The molecule has 0 aliphatic carbocycles. The minimum atomic E-state index is -0.315. The van der Waals surface area contributed by atoms with Crippen molar-refractivity contribution in [3.63, 3.8) is 0 Å². The number of imidazole rings is 2. The smallest absolute Gasteiger partial charge is 0.172 e. The van der Waals surface area contributed by atoms with Crippen LogP contribution in [-0.2, 0) is 18.8 Å². The summed E-state index contributed by atoms with van der Waals surface area (Å²) >= 11 is 0. The van der Waals surface area contributed by atoms with Gasteiger partial charge in [-0.25, -0.2) is 9.97 Å². The molecule has 0 amide bonds. The average Bonchev–Trinajstić information content (AvgIpc) is 3.08. The molecule has 0 radical (unpaired) electrons. The molecule has 0 saturated heterocycles. The molecule has 0 aliphatic heterocycles. The summed E-state index contributed by atoms with van der Waals surface area (Å²) < 4.78 is 9.92. The number of benzene rings is 2. The molecule has 0 fully saturated rings. The van der Waals surface area contributed by atoms with Crippen molar-refractivity contribution >= 4 is 22.1 Å². The van der Waals surface area contributed by atoms with E-state index in [-0.39, 0.29) is 6.10 Å². The summed E-state index contributed by atoms with van der Waals surface area (Å²) in [5.74, 6) is 1.71. The van der Waals surface area contributed by atoms with Gasteiger partial charge in [-0.2, -0.15) is 0 Å². The summed E-state index contributed by atoms with van der Waals surface area (Å²) in [7, 11) is 5.72. The minimum absolute atomic E-state index is 0.315. The van der Waals surface area contributed by atoms with Crippen LogP contribution in [0.2, 0.25) is 0 Å². The summed E-state index contributed by atoms with van der Waals surface area (Å²) in [4.78, 5) is 9.51. The number of methoxy groups -OCH3 is 1. The predicted octanol–water partition coefficient (Wildman–Crippen LogP) is 3.20. The highest BCUT2D eigenvalue weighted by molar-refractivity contribution is 5.77. The third kappa shape index (κ3) is 2.04. The minimum Gasteiger partial charge on any atom is -0.365 e. The molecule has 23 heavy (non-hydrogen) atoms. The Morgan fingerprint density at radius 2 is 1.22 bits per heavy atom. The van der Waals surface area contributed by atoms with Crippen LogP contribution in [0.1, 0.15) is 17.8 Å². The van der Waals surface area contributed by atoms with Crippen LogP contribution < -0.4 is 0 Å². The van der Waals surface area contributed by atoms with Crippen LogP contribution in [-0.4, -0.2) is 26.2 Å². The fourth-order valence-electron chi connectivity index (χ4n) is 3.12. The second-order valence-corrected chi connectivity index (χ2v) is 5.65. The van der Waals surface area contributed by atoms with Crippen LogP contribution >= 0.6 is 0 Å². The molecule has 2 aromatic carbocycles. The van der Waals surface area contributed by atoms with E-state index in [9.17, 15) is 0 Å². The molecule has 0 N–H and O–H groups in total. The van der Waals surface area contributed by atoms with Crippen LogP contribution in [0.3, 0.4) is 0 Å². The Labute approximate surface area is 134 Å². The van der Waals surface area contributed by atoms with Gasteiger partial charge in [0.1, 0.15) is 11.6 Å². The normalized spacial score (nSPS) is 11.8. The molecule has 4 aromatic rings. The monoisotopic (exact) mass is 306 g/mol. The standard InChI is InChI=1S/C18H18N4O/c1-21-14-10-6-4-8-12(14)19-17(21)16(23-3)18-20-13-9-5-7-11-15(13)22(18)2/h4-11,16H,1-3H3. The average molecular weight is 306 g/mol. The maximum Gasteiger partial charge on any atom is 0.172 e. The van der Waals surface area contributed by atoms with Gasteiger partial charge in [0.15, 0.2) is 6.10 Å². The quantitative estimate of drug-likeness (QED) is 0.584. The summed E-state index contributed by atoms with van der Waals surface area (Å²) in [6.07, 6.45) is -0.315. The number of rotatable bonds is 3. The molecular formula is C18H18N4O. The molecule has 5 nitrogen and oxygen atoms in total. The number of ether oxygens (including phenoxy) is 1. The van der Waals surface area contributed by atoms with Crippen molar-refractivity contribution in [3.05, 3.63) is 60.2 Å². The SMILES string of the molecule is COC(c1nc2ccccc2n1C)c1nc2ccccc2n1C. The predicted molar refractivity (Wildman–Crippen MR) is 90.3 cm³/mol. The molecule has 0 unspecified atom stereocenters. The van der Waals surface area contributed by atoms with Crippen molar-refractivity contribution in [2.75, 3.05) is 7.11 Å². The van der Waals surface area contributed by atoms with E-state index in [1.165, 1.54) is 0 Å². The number of aromatic nitrogens is 4. The van der Waals surface area contributed by atoms with Crippen molar-refractivity contribution in [2.24, 2.45) is 14.1 Å². The van der Waals surface area contributed by atoms with E-state index in [0.29, 0.717) is 0 Å². The summed E-state index contributed by atoms with van der Waals surface area (Å²) in [6, 6.07) is 16.2. The Hall–Kier alpha value is -2.66. The molecule has 2 heterocycles. The number of para-hydroxylation sites is 4. The van der Waals surface area contributed by atoms with Crippen molar-refractivity contribution in [1.82, 2.24) is 19.1 Å². The Balaban J connectivity index is 1.92. The number of fused-ring (bicyclic) bond motifs is 2. The molecule has 2 aromatic heterocycles. The summed E-state index contributed by atoms with van der Waals surface area (Å²) in [5, 5.41) is 0. The van der Waals surface area contributed by atoms with Gasteiger partial charge in [-0.3, -0.25) is 0 Å². The second kappa shape index (κ2) is 5.21. The lowest BCUT2D eigenvalue weighted by molar-refractivity contribution is 0.118. The number of hydrogen-bond acceptors (Lipinski definition) is 3. The molecule has 0 aliphatic rings. The van der Waals surface area contributed by atoms with E-state index in [4.69, 9.17) is 14.7 Å². The molecule has 0 bridgehead atoms. The van der Waals surface area contributed by atoms with Gasteiger partial charge in [0.2, 0.25) is 0 Å². The fourth-order valence-corrected chi connectivity index (χ4v) is 3.12. The van der Waals surface area contributed by atoms with Gasteiger partial charge in [0, 0.05) is 21.2 Å². The first-order valence-electron chi connectivity index (χ1n) is 7.56. The summed E-state index contributed by atoms with van der Waals surface area (Å²) in [5.41, 5.74) is 4.10. The maximum absolute atomic E-state index is 5.78. The number of nitrogens with zero attached hydrogens (tertiary/aromatic N) is 4. The van der Waals surface area contributed by atoms with Crippen molar-refractivity contribution in [1.29, 1.82) is 0 Å². The van der Waals surface area contributed by atoms with Gasteiger partial charge >= 0.3 is 0 Å². The zero-order chi connectivity index (χ0) is 16.0. The molecule has 0 saturated carbocycles. The first-order chi connectivity index (χ1) is 11.2. The van der Waals surface area contributed by atoms with Crippen molar-refractivity contribution in [3.8, 4) is 0 Å². The van der Waals surface area contributed by atoms with Crippen LogP contribution in [0.4, 0.5) is 0 Å². The van der Waals surface area contributed by atoms with Crippen LogP contribution in [0.15, 0.2) is 48.5 Å². The first-order valence-corrected chi connectivity index (χ1v) is 7.56. The van der Waals surface area contributed by atoms with Gasteiger partial charge in [0.05, 0.1) is 22.1 Å². The lowest BCUT2D eigenvalue weighted by atomic mass is 10.3. The highest BCUT2D eigenvalue weighted by Gasteiger charge is 2.25. The van der Waals surface area contributed by atoms with Crippen molar-refractivity contribution < 1.29 is 4.74 Å². The van der Waals surface area contributed by atoms with E-state index < -0.39 is 0 Å². The first kappa shape index (κ1) is 14.0. The molecule has 4 rings (SSSR count). The highest BCUT2D eigenvalue weighted by Crippen LogP contribution is 2.28. The van der Waals surface area contributed by atoms with E-state index in [2.05, 4.69) is 21.3 Å². The molecule has 0 atom stereocenters. The van der Waals surface area contributed by atoms with Gasteiger partial charge in [-0.1, -0.05) is 24.3 Å². The van der Waals surface area contributed by atoms with Gasteiger partial charge in [-0.05, 0) is 24.3 Å². The number of aryl methyl sites for hydroxylation is 2. The van der Waals surface area contributed by atoms with E-state index in [1.54, 1.807) is 7.11 Å². The highest BCUT2D eigenvalue weighted by atomic mass is 16.5. The maximum atomic E-state index is 5.78. The molecular weight excluding hydrogens is 288 g/mol. The Morgan fingerprint density at radius 1 is 0.783 bits per heavy atom. The van der Waals surface area contributed by atoms with Gasteiger partial charge in [-0.15, -0.1) is 0 Å². The van der Waals surface area contributed by atoms with Crippen LogP contribution in [0, 0.1) is 0 Å². The lowest BCUT2D eigenvalue weighted by Gasteiger charge is -2.15. The van der Waals surface area contributed by atoms with Gasteiger partial charge < -0.3 is 13.9 Å². The van der Waals surface area contributed by atoms with Crippen LogP contribution in [0.5, 0.6) is 0 Å². The van der Waals surface area contributed by atoms with Gasteiger partial charge in [0.25, 0.3) is 0 Å². The zero-order valence-corrected chi connectivity index (χ0v) is 13.4. The Morgan fingerprint density at radius 3 is 1.61 bits per heavy atom. The molecule has 0 spiro atoms. The number of hydrogen-bond donors (Lipinski definition) is 0. The third-order valence-electron chi connectivity index (χ3n) is 4.35. The van der Waals surface area contributed by atoms with Crippen LogP contribution in [0.25, 0.3) is 22.1 Å². The molecule has 5 heteroatoms. The Bertz CT molecular complexity index is 919. The fraction of sp³-hybridized carbons (Fsp3) is 0.222. The third-order valence-corrected chi connectivity index (χ3v) is 4.35. The van der Waals surface area contributed by atoms with E-state index in [1.807, 2.05) is 50.5 Å². The topological polar surface area (TPSA) is 44.9 Å². The van der Waals surface area contributed by atoms with E-state index >= 15 is 0 Å².